The molecule has 0 aliphatic heterocycles. The Morgan fingerprint density at radius 3 is 2.03 bits per heavy atom. The number of nitrogens with one attached hydrogen (secondary N) is 3. The summed E-state index contributed by atoms with van der Waals surface area (Å²) in [5, 5.41) is 19.2. The van der Waals surface area contributed by atoms with Gasteiger partial charge < -0.3 is 40.3 Å². The Hall–Kier alpha value is -6.32. The molecule has 1 aliphatic carbocycles. The topological polar surface area (TPSA) is 201 Å². The summed E-state index contributed by atoms with van der Waals surface area (Å²) in [5.41, 5.74) is 5.35. The summed E-state index contributed by atoms with van der Waals surface area (Å²) >= 11 is 6.22. The molecule has 5 amide bonds. The predicted molar refractivity (Wildman–Crippen MR) is 293 cm³/mol. The van der Waals surface area contributed by atoms with Crippen molar-refractivity contribution in [3.05, 3.63) is 118 Å². The van der Waals surface area contributed by atoms with Crippen LogP contribution in [0.2, 0.25) is 5.02 Å². The number of esters is 1. The fraction of sp³-hybridized carbons (Fsp3) is 0.508. The van der Waals surface area contributed by atoms with Gasteiger partial charge in [0.05, 0.1) is 18.7 Å². The van der Waals surface area contributed by atoms with Crippen molar-refractivity contribution in [2.45, 2.75) is 143 Å². The molecule has 16 heteroatoms. The van der Waals surface area contributed by atoms with Gasteiger partial charge in [-0.05, 0) is 117 Å². The highest BCUT2D eigenvalue weighted by Gasteiger charge is 2.37. The van der Waals surface area contributed by atoms with Crippen LogP contribution in [0.3, 0.4) is 0 Å². The number of nitrogens with zero attached hydrogens (tertiary/aromatic N) is 2. The van der Waals surface area contributed by atoms with Gasteiger partial charge in [0.25, 0.3) is 5.91 Å². The van der Waals surface area contributed by atoms with Crippen LogP contribution in [0.4, 0.5) is 4.79 Å². The van der Waals surface area contributed by atoms with Crippen LogP contribution in [0.15, 0.2) is 96.6 Å². The van der Waals surface area contributed by atoms with E-state index in [0.717, 1.165) is 22.3 Å². The Morgan fingerprint density at radius 1 is 0.813 bits per heavy atom. The molecule has 0 aromatic heterocycles. The lowest BCUT2D eigenvalue weighted by Crippen LogP contribution is -2.57. The molecular formula is C59H80ClN5O10. The molecule has 3 aromatic rings. The molecule has 2 unspecified atom stereocenters. The maximum Gasteiger partial charge on any atom is 0.407 e. The molecule has 408 valence electrons. The van der Waals surface area contributed by atoms with Crippen LogP contribution in [0, 0.1) is 17.8 Å². The molecule has 0 fully saturated rings. The number of allylic oxidation sites excluding steroid dienone is 2. The number of carbonyl (C=O) groups is 7. The van der Waals surface area contributed by atoms with E-state index in [4.69, 9.17) is 21.1 Å². The Bertz CT molecular complexity index is 2430. The first kappa shape index (κ1) is 61.2. The highest BCUT2D eigenvalue weighted by molar-refractivity contribution is 6.30. The fourth-order valence-electron chi connectivity index (χ4n) is 9.18. The van der Waals surface area contributed by atoms with Crippen LogP contribution in [0.25, 0.3) is 11.1 Å². The lowest BCUT2D eigenvalue weighted by atomic mass is 9.96. The minimum absolute atomic E-state index is 0.0180. The van der Waals surface area contributed by atoms with Crippen LogP contribution in [-0.4, -0.2) is 121 Å². The predicted octanol–water partition coefficient (Wildman–Crippen LogP) is 8.74. The number of halogens is 1. The number of aliphatic hydroxyl groups is 1. The molecule has 0 radical (unpaired) electrons. The largest absolute Gasteiger partial charge is 0.449 e. The van der Waals surface area contributed by atoms with Gasteiger partial charge in [0.15, 0.2) is 11.9 Å². The van der Waals surface area contributed by atoms with Gasteiger partial charge in [0.1, 0.15) is 18.7 Å². The third kappa shape index (κ3) is 18.5. The van der Waals surface area contributed by atoms with E-state index in [-0.39, 0.29) is 61.9 Å². The van der Waals surface area contributed by atoms with E-state index in [2.05, 4.69) is 28.1 Å². The van der Waals surface area contributed by atoms with Gasteiger partial charge in [0.2, 0.25) is 17.7 Å². The molecule has 0 spiro atoms. The fourth-order valence-corrected chi connectivity index (χ4v) is 9.30. The van der Waals surface area contributed by atoms with Crippen LogP contribution in [0.1, 0.15) is 123 Å². The molecule has 0 heterocycles. The van der Waals surface area contributed by atoms with Crippen molar-refractivity contribution in [2.75, 3.05) is 33.8 Å². The van der Waals surface area contributed by atoms with Crippen molar-refractivity contribution in [2.24, 2.45) is 17.8 Å². The minimum atomic E-state index is -1.28. The standard InChI is InChI=1S/C59H80ClN5O10/c1-11-20-51(67)39(6)21-19-22-40(7)58(72)75-52(33-37(3)4)55(69)62-49(27-17-18-32-61-59(73)74-36-48-46-25-15-13-23-44(46)45-24-14-16-26-47(45)48)56(70)65(10)50(34-42-28-30-43(60)31-29-42)57(71)64(9)35-53(68)63-54(41(8)66)38(5)12-2/h11,13-16,20,22-26,28-31,37-39,48-52,54,67H,12,17-19,21,27,32-36H2,1-10H3,(H,61,73)(H,62,69)(H,63,68)/b20-11+,40-22+/t38?,39-,49?,50+,51+,52+,54-/m0/s1. The minimum Gasteiger partial charge on any atom is -0.449 e. The normalized spacial score (nSPS) is 15.1. The Kier molecular flexibility index (Phi) is 24.7. The summed E-state index contributed by atoms with van der Waals surface area (Å²) in [7, 11) is 2.90. The van der Waals surface area contributed by atoms with Crippen molar-refractivity contribution in [3.8, 4) is 11.1 Å². The van der Waals surface area contributed by atoms with E-state index in [9.17, 15) is 38.7 Å². The SMILES string of the molecule is C/C=C/[C@@H](O)[C@@H](C)CC/C=C(\C)C(=O)O[C@H](CC(C)C)C(=O)NC(CCCCNC(=O)OCC1c2ccccc2-c2ccccc21)C(=O)N(C)[C@H](Cc1ccc(Cl)cc1)C(=O)N(C)CC(=O)N[C@H](C(C)=O)C(C)CC. The van der Waals surface area contributed by atoms with E-state index in [1.165, 1.54) is 30.8 Å². The maximum atomic E-state index is 14.9. The molecule has 0 saturated heterocycles. The van der Waals surface area contributed by atoms with E-state index >= 15 is 0 Å². The molecule has 7 atom stereocenters. The number of fused-ring (bicyclic) bond motifs is 3. The quantitative estimate of drug-likeness (QED) is 0.0226. The number of ketones is 1. The Balaban J connectivity index is 1.54. The van der Waals surface area contributed by atoms with E-state index in [0.29, 0.717) is 48.3 Å². The first-order chi connectivity index (χ1) is 35.7. The highest BCUT2D eigenvalue weighted by atomic mass is 35.5. The summed E-state index contributed by atoms with van der Waals surface area (Å²) in [5.74, 6) is -3.76. The number of rotatable bonds is 29. The molecular weight excluding hydrogens is 974 g/mol. The summed E-state index contributed by atoms with van der Waals surface area (Å²) in [6.45, 7) is 14.2. The second-order valence-electron chi connectivity index (χ2n) is 20.3. The monoisotopic (exact) mass is 1050 g/mol. The number of ether oxygens (including phenoxy) is 2. The summed E-state index contributed by atoms with van der Waals surface area (Å²) in [6.07, 6.45) is 5.39. The first-order valence-corrected chi connectivity index (χ1v) is 26.7. The smallest absolute Gasteiger partial charge is 0.407 e. The molecule has 4 rings (SSSR count). The van der Waals surface area contributed by atoms with E-state index in [1.54, 1.807) is 49.4 Å². The number of alkyl carbamates (subject to hydrolysis) is 1. The zero-order valence-electron chi connectivity index (χ0n) is 45.5. The number of hydrogen-bond donors (Lipinski definition) is 4. The van der Waals surface area contributed by atoms with Crippen molar-refractivity contribution >= 4 is 53.1 Å². The molecule has 0 saturated carbocycles. The third-order valence-corrected chi connectivity index (χ3v) is 14.2. The number of unbranched alkanes of at least 4 members (excludes halogenated alkanes) is 1. The molecule has 4 N–H and O–H groups in total. The zero-order valence-corrected chi connectivity index (χ0v) is 46.3. The van der Waals surface area contributed by atoms with Crippen LogP contribution in [0.5, 0.6) is 0 Å². The first-order valence-electron chi connectivity index (χ1n) is 26.3. The van der Waals surface area contributed by atoms with E-state index in [1.807, 2.05) is 77.9 Å². The Labute approximate surface area is 449 Å². The second kappa shape index (κ2) is 30.3. The number of carbonyl (C=O) groups excluding carboxylic acids is 7. The number of likely N-dealkylation sites (N-methyl/N-ethyl adjacent to an activating group) is 2. The molecule has 75 heavy (non-hydrogen) atoms. The van der Waals surface area contributed by atoms with Gasteiger partial charge in [-0.1, -0.05) is 132 Å². The van der Waals surface area contributed by atoms with Gasteiger partial charge in [-0.3, -0.25) is 24.0 Å². The lowest BCUT2D eigenvalue weighted by molar-refractivity contribution is -0.154. The van der Waals surface area contributed by atoms with Gasteiger partial charge >= 0.3 is 12.1 Å². The number of hydrogen-bond acceptors (Lipinski definition) is 10. The Morgan fingerprint density at radius 2 is 1.44 bits per heavy atom. The van der Waals surface area contributed by atoms with Crippen LogP contribution in [-0.2, 0) is 44.7 Å². The van der Waals surface area contributed by atoms with Crippen molar-refractivity contribution < 1.29 is 48.1 Å². The van der Waals surface area contributed by atoms with Gasteiger partial charge in [-0.2, -0.15) is 0 Å². The second-order valence-corrected chi connectivity index (χ2v) is 20.8. The average molecular weight is 1050 g/mol. The molecule has 3 aromatic carbocycles. The lowest BCUT2D eigenvalue weighted by Gasteiger charge is -2.34. The third-order valence-electron chi connectivity index (χ3n) is 13.9. The van der Waals surface area contributed by atoms with Crippen LogP contribution < -0.4 is 16.0 Å². The summed E-state index contributed by atoms with van der Waals surface area (Å²) in [4.78, 5) is 98.6. The van der Waals surface area contributed by atoms with Crippen molar-refractivity contribution in [3.63, 3.8) is 0 Å². The zero-order chi connectivity index (χ0) is 55.4. The number of benzene rings is 3. The molecule has 1 aliphatic rings. The average Bonchev–Trinajstić information content (AvgIpc) is 3.70. The number of amides is 5. The summed E-state index contributed by atoms with van der Waals surface area (Å²) < 4.78 is 11.6. The van der Waals surface area contributed by atoms with Gasteiger partial charge in [0, 0.05) is 43.6 Å². The van der Waals surface area contributed by atoms with Gasteiger partial charge in [-0.15, -0.1) is 0 Å². The maximum absolute atomic E-state index is 14.9. The van der Waals surface area contributed by atoms with Crippen LogP contribution >= 0.6 is 11.6 Å². The van der Waals surface area contributed by atoms with E-state index < -0.39 is 72.6 Å². The number of aliphatic hydroxyl groups excluding tert-OH is 1. The van der Waals surface area contributed by atoms with Crippen molar-refractivity contribution in [1.29, 1.82) is 0 Å². The molecule has 0 bridgehead atoms. The summed E-state index contributed by atoms with van der Waals surface area (Å²) in [6, 6.07) is 19.8. The highest BCUT2D eigenvalue weighted by Crippen LogP contribution is 2.44. The number of Topliss-reactive ketones (excluding diaryl/α,β-unsaturated/α-hetero) is 1. The van der Waals surface area contributed by atoms with Gasteiger partial charge in [-0.25, -0.2) is 9.59 Å². The van der Waals surface area contributed by atoms with Crippen molar-refractivity contribution in [1.82, 2.24) is 25.8 Å². The molecule has 15 nitrogen and oxygen atoms in total.